The fraction of sp³-hybridized carbons (Fsp3) is 0.778. The first-order valence-corrected chi connectivity index (χ1v) is 4.85. The summed E-state index contributed by atoms with van der Waals surface area (Å²) in [6.07, 6.45) is 1.63. The molecule has 0 atom stereocenters. The van der Waals surface area contributed by atoms with Crippen molar-refractivity contribution in [2.24, 2.45) is 0 Å². The van der Waals surface area contributed by atoms with E-state index >= 15 is 0 Å². The predicted molar refractivity (Wildman–Crippen MR) is 52.6 cm³/mol. The second-order valence-corrected chi connectivity index (χ2v) is 2.91. The molecule has 0 aliphatic heterocycles. The number of likely N-dealkylation sites (N-methyl/N-ethyl adjacent to an activating group) is 1. The van der Waals surface area contributed by atoms with Crippen molar-refractivity contribution in [1.29, 1.82) is 0 Å². The topological polar surface area (TPSA) is 78.4 Å². The van der Waals surface area contributed by atoms with Crippen molar-refractivity contribution in [1.82, 2.24) is 10.6 Å². The third-order valence-corrected chi connectivity index (χ3v) is 1.63. The van der Waals surface area contributed by atoms with Crippen molar-refractivity contribution in [3.8, 4) is 0 Å². The van der Waals surface area contributed by atoms with Gasteiger partial charge in [-0.05, 0) is 19.8 Å². The molecule has 0 aromatic heterocycles. The number of carbonyl (C=O) groups is 2. The summed E-state index contributed by atoms with van der Waals surface area (Å²) in [4.78, 5) is 22.0. The zero-order chi connectivity index (χ0) is 10.8. The molecule has 0 radical (unpaired) electrons. The molecule has 0 aromatic carbocycles. The highest BCUT2D eigenvalue weighted by Gasteiger charge is 2.03. The molecule has 5 nitrogen and oxygen atoms in total. The van der Waals surface area contributed by atoms with E-state index in [2.05, 4.69) is 10.6 Å². The molecule has 0 fully saturated rings. The Hall–Kier alpha value is -1.10. The van der Waals surface area contributed by atoms with Crippen molar-refractivity contribution in [3.63, 3.8) is 0 Å². The Kier molecular flexibility index (Phi) is 7.83. The van der Waals surface area contributed by atoms with Gasteiger partial charge in [-0.25, -0.2) is 0 Å². The van der Waals surface area contributed by atoms with Gasteiger partial charge in [-0.2, -0.15) is 0 Å². The predicted octanol–water partition coefficient (Wildman–Crippen LogP) is -0.599. The van der Waals surface area contributed by atoms with Crippen molar-refractivity contribution in [3.05, 3.63) is 0 Å². The van der Waals surface area contributed by atoms with E-state index in [-0.39, 0.29) is 25.0 Å². The van der Waals surface area contributed by atoms with Gasteiger partial charge in [0.1, 0.15) is 0 Å². The molecule has 0 aliphatic rings. The lowest BCUT2D eigenvalue weighted by molar-refractivity contribution is -0.126. The minimum Gasteiger partial charge on any atom is -0.396 e. The van der Waals surface area contributed by atoms with Gasteiger partial charge in [0.2, 0.25) is 11.8 Å². The Bertz CT molecular complexity index is 183. The standard InChI is InChI=1S/C9H18N2O3/c1-2-10-9(14)7-11-8(13)5-3-4-6-12/h12H,2-7H2,1H3,(H,10,14)(H,11,13). The van der Waals surface area contributed by atoms with Gasteiger partial charge < -0.3 is 15.7 Å². The lowest BCUT2D eigenvalue weighted by atomic mass is 10.2. The zero-order valence-corrected chi connectivity index (χ0v) is 8.51. The average Bonchev–Trinajstić information content (AvgIpc) is 2.16. The van der Waals surface area contributed by atoms with Crippen LogP contribution in [-0.4, -0.2) is 36.6 Å². The SMILES string of the molecule is CCNC(=O)CNC(=O)CCCCO. The number of hydrogen-bond donors (Lipinski definition) is 3. The van der Waals surface area contributed by atoms with Crippen molar-refractivity contribution in [2.45, 2.75) is 26.2 Å². The number of rotatable bonds is 7. The molecule has 0 aliphatic carbocycles. The molecule has 3 N–H and O–H groups in total. The van der Waals surface area contributed by atoms with Gasteiger partial charge in [0.05, 0.1) is 6.54 Å². The molecule has 14 heavy (non-hydrogen) atoms. The monoisotopic (exact) mass is 202 g/mol. The van der Waals surface area contributed by atoms with Gasteiger partial charge in [0.15, 0.2) is 0 Å². The summed E-state index contributed by atoms with van der Waals surface area (Å²) in [7, 11) is 0. The molecular weight excluding hydrogens is 184 g/mol. The van der Waals surface area contributed by atoms with Crippen molar-refractivity contribution >= 4 is 11.8 Å². The van der Waals surface area contributed by atoms with Gasteiger partial charge in [0, 0.05) is 19.6 Å². The lowest BCUT2D eigenvalue weighted by Crippen LogP contribution is -2.36. The Morgan fingerprint density at radius 1 is 1.14 bits per heavy atom. The summed E-state index contributed by atoms with van der Waals surface area (Å²) >= 11 is 0. The normalized spacial score (nSPS) is 9.57. The second kappa shape index (κ2) is 8.50. The molecular formula is C9H18N2O3. The van der Waals surface area contributed by atoms with Gasteiger partial charge in [0.25, 0.3) is 0 Å². The summed E-state index contributed by atoms with van der Waals surface area (Å²) < 4.78 is 0. The molecule has 5 heteroatoms. The van der Waals surface area contributed by atoms with Gasteiger partial charge in [-0.15, -0.1) is 0 Å². The number of carbonyl (C=O) groups excluding carboxylic acids is 2. The van der Waals surface area contributed by atoms with Crippen molar-refractivity contribution in [2.75, 3.05) is 19.7 Å². The summed E-state index contributed by atoms with van der Waals surface area (Å²) in [5.41, 5.74) is 0. The highest BCUT2D eigenvalue weighted by Crippen LogP contribution is 1.92. The van der Waals surface area contributed by atoms with Crippen LogP contribution < -0.4 is 10.6 Å². The van der Waals surface area contributed by atoms with Crippen LogP contribution in [0.4, 0.5) is 0 Å². The van der Waals surface area contributed by atoms with E-state index in [0.29, 0.717) is 25.8 Å². The van der Waals surface area contributed by atoms with Crippen LogP contribution in [0, 0.1) is 0 Å². The Labute approximate surface area is 83.9 Å². The van der Waals surface area contributed by atoms with E-state index in [1.165, 1.54) is 0 Å². The number of nitrogens with one attached hydrogen (secondary N) is 2. The zero-order valence-electron chi connectivity index (χ0n) is 8.51. The summed E-state index contributed by atoms with van der Waals surface area (Å²) in [5.74, 6) is -0.326. The summed E-state index contributed by atoms with van der Waals surface area (Å²) in [5, 5.41) is 13.5. The smallest absolute Gasteiger partial charge is 0.239 e. The van der Waals surface area contributed by atoms with Crippen LogP contribution in [0.25, 0.3) is 0 Å². The number of aliphatic hydroxyl groups is 1. The number of hydrogen-bond acceptors (Lipinski definition) is 3. The maximum absolute atomic E-state index is 11.1. The van der Waals surface area contributed by atoms with Crippen LogP contribution in [0.15, 0.2) is 0 Å². The summed E-state index contributed by atoms with van der Waals surface area (Å²) in [6.45, 7) is 2.52. The highest BCUT2D eigenvalue weighted by molar-refractivity contribution is 5.84. The minimum atomic E-state index is -0.178. The molecule has 0 aromatic rings. The number of unbranched alkanes of at least 4 members (excludes halogenated alkanes) is 1. The van der Waals surface area contributed by atoms with E-state index < -0.39 is 0 Å². The van der Waals surface area contributed by atoms with E-state index in [4.69, 9.17) is 5.11 Å². The Morgan fingerprint density at radius 3 is 2.43 bits per heavy atom. The molecule has 0 rings (SSSR count). The van der Waals surface area contributed by atoms with E-state index in [1.54, 1.807) is 0 Å². The lowest BCUT2D eigenvalue weighted by Gasteiger charge is -2.04. The molecule has 2 amide bonds. The number of amides is 2. The first-order valence-electron chi connectivity index (χ1n) is 4.85. The molecule has 0 heterocycles. The molecule has 0 bridgehead atoms. The molecule has 0 saturated heterocycles. The third-order valence-electron chi connectivity index (χ3n) is 1.63. The van der Waals surface area contributed by atoms with Gasteiger partial charge in [-0.3, -0.25) is 9.59 Å². The Balaban J connectivity index is 3.39. The first-order chi connectivity index (χ1) is 6.70. The maximum atomic E-state index is 11.1. The van der Waals surface area contributed by atoms with Crippen LogP contribution in [0.3, 0.4) is 0 Å². The van der Waals surface area contributed by atoms with E-state index in [1.807, 2.05) is 6.92 Å². The highest BCUT2D eigenvalue weighted by atomic mass is 16.3. The third kappa shape index (κ3) is 7.54. The van der Waals surface area contributed by atoms with E-state index in [0.717, 1.165) is 0 Å². The molecule has 0 saturated carbocycles. The van der Waals surface area contributed by atoms with Crippen LogP contribution >= 0.6 is 0 Å². The van der Waals surface area contributed by atoms with Crippen molar-refractivity contribution < 1.29 is 14.7 Å². The molecule has 0 spiro atoms. The second-order valence-electron chi connectivity index (χ2n) is 2.91. The van der Waals surface area contributed by atoms with Crippen LogP contribution in [0.2, 0.25) is 0 Å². The quantitative estimate of drug-likeness (QED) is 0.482. The van der Waals surface area contributed by atoms with Crippen LogP contribution in [-0.2, 0) is 9.59 Å². The van der Waals surface area contributed by atoms with Crippen LogP contribution in [0.5, 0.6) is 0 Å². The van der Waals surface area contributed by atoms with Gasteiger partial charge >= 0.3 is 0 Å². The fourth-order valence-corrected chi connectivity index (χ4v) is 0.924. The Morgan fingerprint density at radius 2 is 1.86 bits per heavy atom. The van der Waals surface area contributed by atoms with Gasteiger partial charge in [-0.1, -0.05) is 0 Å². The van der Waals surface area contributed by atoms with E-state index in [9.17, 15) is 9.59 Å². The minimum absolute atomic E-state index is 0.0335. The first kappa shape index (κ1) is 12.9. The average molecular weight is 202 g/mol. The molecule has 82 valence electrons. The summed E-state index contributed by atoms with van der Waals surface area (Å²) in [6, 6.07) is 0. The number of aliphatic hydroxyl groups excluding tert-OH is 1. The fourth-order valence-electron chi connectivity index (χ4n) is 0.924. The largest absolute Gasteiger partial charge is 0.396 e. The maximum Gasteiger partial charge on any atom is 0.239 e. The molecule has 0 unspecified atom stereocenters. The van der Waals surface area contributed by atoms with Crippen LogP contribution in [0.1, 0.15) is 26.2 Å².